The topological polar surface area (TPSA) is 17.1 Å². The Labute approximate surface area is 114 Å². The average Bonchev–Trinajstić information content (AvgIpc) is 2.64. The average molecular weight is 317 g/mol. The highest BCUT2D eigenvalue weighted by atomic mass is 79.9. The molecule has 1 aromatic carbocycles. The van der Waals surface area contributed by atoms with Gasteiger partial charge in [0.1, 0.15) is 0 Å². The maximum Gasteiger partial charge on any atom is 0.173 e. The van der Waals surface area contributed by atoms with Crippen molar-refractivity contribution < 1.29 is 13.6 Å². The van der Waals surface area contributed by atoms with Gasteiger partial charge in [0.15, 0.2) is 17.4 Å². The molecule has 98 valence electrons. The Bertz CT molecular complexity index is 451. The maximum absolute atomic E-state index is 13.4. The standard InChI is InChI=1S/C14H15BrF2O/c15-12-10(7-8-11(16)13(12)17)14(18)9-5-3-1-2-4-6-9/h7-9H,1-6H2. The third kappa shape index (κ3) is 2.79. The van der Waals surface area contributed by atoms with Gasteiger partial charge < -0.3 is 0 Å². The van der Waals surface area contributed by atoms with Gasteiger partial charge in [-0.15, -0.1) is 0 Å². The van der Waals surface area contributed by atoms with Crippen LogP contribution in [0.2, 0.25) is 0 Å². The van der Waals surface area contributed by atoms with Crippen molar-refractivity contribution in [3.8, 4) is 0 Å². The van der Waals surface area contributed by atoms with Gasteiger partial charge in [0.2, 0.25) is 0 Å². The summed E-state index contributed by atoms with van der Waals surface area (Å²) in [5, 5.41) is 0. The van der Waals surface area contributed by atoms with Crippen molar-refractivity contribution in [3.05, 3.63) is 33.8 Å². The van der Waals surface area contributed by atoms with Crippen molar-refractivity contribution >= 4 is 21.7 Å². The van der Waals surface area contributed by atoms with Gasteiger partial charge in [0.05, 0.1) is 4.47 Å². The molecule has 0 N–H and O–H groups in total. The molecule has 1 nitrogen and oxygen atoms in total. The van der Waals surface area contributed by atoms with Crippen LogP contribution in [0.25, 0.3) is 0 Å². The number of Topliss-reactive ketones (excluding diaryl/α,β-unsaturated/α-hetero) is 1. The van der Waals surface area contributed by atoms with E-state index >= 15 is 0 Å². The zero-order chi connectivity index (χ0) is 13.1. The SMILES string of the molecule is O=C(c1ccc(F)c(F)c1Br)C1CCCCCC1. The van der Waals surface area contributed by atoms with Crippen LogP contribution < -0.4 is 0 Å². The molecule has 0 amide bonds. The van der Waals surface area contributed by atoms with Crippen molar-refractivity contribution in [1.29, 1.82) is 0 Å². The Kier molecular flexibility index (Phi) is 4.49. The number of carbonyl (C=O) groups is 1. The molecule has 1 aliphatic carbocycles. The predicted molar refractivity (Wildman–Crippen MR) is 69.6 cm³/mol. The highest BCUT2D eigenvalue weighted by molar-refractivity contribution is 9.10. The summed E-state index contributed by atoms with van der Waals surface area (Å²) < 4.78 is 26.4. The molecule has 0 saturated heterocycles. The Balaban J connectivity index is 2.25. The van der Waals surface area contributed by atoms with E-state index in [0.717, 1.165) is 44.6 Å². The quantitative estimate of drug-likeness (QED) is 0.432. The summed E-state index contributed by atoms with van der Waals surface area (Å²) in [7, 11) is 0. The second-order valence-corrected chi connectivity index (χ2v) is 5.57. The zero-order valence-corrected chi connectivity index (χ0v) is 11.6. The van der Waals surface area contributed by atoms with Crippen molar-refractivity contribution in [2.75, 3.05) is 0 Å². The smallest absolute Gasteiger partial charge is 0.173 e. The molecule has 0 bridgehead atoms. The van der Waals surface area contributed by atoms with E-state index < -0.39 is 11.6 Å². The highest BCUT2D eigenvalue weighted by Gasteiger charge is 2.25. The summed E-state index contributed by atoms with van der Waals surface area (Å²) in [6.45, 7) is 0. The third-order valence-electron chi connectivity index (χ3n) is 3.53. The molecule has 0 aromatic heterocycles. The first-order chi connectivity index (χ1) is 8.61. The number of ketones is 1. The lowest BCUT2D eigenvalue weighted by atomic mass is 9.91. The Morgan fingerprint density at radius 2 is 1.72 bits per heavy atom. The van der Waals surface area contributed by atoms with Crippen LogP contribution in [0.3, 0.4) is 0 Å². The number of carbonyl (C=O) groups excluding carboxylic acids is 1. The second-order valence-electron chi connectivity index (χ2n) is 4.78. The van der Waals surface area contributed by atoms with E-state index in [1.165, 1.54) is 6.07 Å². The number of halogens is 3. The van der Waals surface area contributed by atoms with Gasteiger partial charge in [0, 0.05) is 11.5 Å². The lowest BCUT2D eigenvalue weighted by Gasteiger charge is -2.14. The maximum atomic E-state index is 13.4. The van der Waals surface area contributed by atoms with Gasteiger partial charge in [-0.3, -0.25) is 4.79 Å². The third-order valence-corrected chi connectivity index (χ3v) is 4.30. The predicted octanol–water partition coefficient (Wildman–Crippen LogP) is 4.88. The lowest BCUT2D eigenvalue weighted by Crippen LogP contribution is -2.15. The van der Waals surface area contributed by atoms with E-state index in [1.54, 1.807) is 0 Å². The molecule has 1 aromatic rings. The molecule has 18 heavy (non-hydrogen) atoms. The molecule has 1 saturated carbocycles. The van der Waals surface area contributed by atoms with E-state index in [2.05, 4.69) is 15.9 Å². The molecule has 0 heterocycles. The van der Waals surface area contributed by atoms with Gasteiger partial charge in [-0.05, 0) is 40.9 Å². The van der Waals surface area contributed by atoms with E-state index in [1.807, 2.05) is 0 Å². The summed E-state index contributed by atoms with van der Waals surface area (Å²) in [6.07, 6.45) is 6.09. The molecule has 1 fully saturated rings. The van der Waals surface area contributed by atoms with E-state index in [-0.39, 0.29) is 21.7 Å². The minimum atomic E-state index is -0.977. The zero-order valence-electron chi connectivity index (χ0n) is 10.0. The monoisotopic (exact) mass is 316 g/mol. The number of hydrogen-bond acceptors (Lipinski definition) is 1. The molecule has 0 aliphatic heterocycles. The fourth-order valence-electron chi connectivity index (χ4n) is 2.48. The van der Waals surface area contributed by atoms with Gasteiger partial charge >= 0.3 is 0 Å². The minimum Gasteiger partial charge on any atom is -0.294 e. The first-order valence-corrected chi connectivity index (χ1v) is 7.08. The molecular weight excluding hydrogens is 302 g/mol. The Morgan fingerprint density at radius 1 is 1.11 bits per heavy atom. The van der Waals surface area contributed by atoms with Gasteiger partial charge in [-0.25, -0.2) is 8.78 Å². The molecule has 0 spiro atoms. The summed E-state index contributed by atoms with van der Waals surface area (Å²) in [5.41, 5.74) is 0.265. The number of hydrogen-bond donors (Lipinski definition) is 0. The van der Waals surface area contributed by atoms with E-state index in [4.69, 9.17) is 0 Å². The van der Waals surface area contributed by atoms with Crippen molar-refractivity contribution in [1.82, 2.24) is 0 Å². The van der Waals surface area contributed by atoms with Crippen LogP contribution >= 0.6 is 15.9 Å². The Morgan fingerprint density at radius 3 is 2.33 bits per heavy atom. The molecule has 0 unspecified atom stereocenters. The van der Waals surface area contributed by atoms with Gasteiger partial charge in [-0.2, -0.15) is 0 Å². The first kappa shape index (κ1) is 13.7. The summed E-state index contributed by atoms with van der Waals surface area (Å²) in [6, 6.07) is 2.39. The van der Waals surface area contributed by atoms with Crippen LogP contribution in [-0.4, -0.2) is 5.78 Å². The Hall–Kier alpha value is -0.770. The van der Waals surface area contributed by atoms with Crippen molar-refractivity contribution in [2.24, 2.45) is 5.92 Å². The van der Waals surface area contributed by atoms with Crippen LogP contribution in [0.1, 0.15) is 48.9 Å². The van der Waals surface area contributed by atoms with E-state index in [9.17, 15) is 13.6 Å². The highest BCUT2D eigenvalue weighted by Crippen LogP contribution is 2.30. The van der Waals surface area contributed by atoms with Crippen LogP contribution in [0, 0.1) is 17.6 Å². The van der Waals surface area contributed by atoms with Crippen LogP contribution in [0.4, 0.5) is 8.78 Å². The number of benzene rings is 1. The molecule has 4 heteroatoms. The fourth-order valence-corrected chi connectivity index (χ4v) is 2.99. The summed E-state index contributed by atoms with van der Waals surface area (Å²) in [4.78, 5) is 12.3. The summed E-state index contributed by atoms with van der Waals surface area (Å²) in [5.74, 6) is -2.02. The molecule has 2 rings (SSSR count). The second kappa shape index (κ2) is 5.91. The van der Waals surface area contributed by atoms with Crippen molar-refractivity contribution in [3.63, 3.8) is 0 Å². The van der Waals surface area contributed by atoms with Crippen LogP contribution in [0.5, 0.6) is 0 Å². The van der Waals surface area contributed by atoms with Gasteiger partial charge in [-0.1, -0.05) is 25.7 Å². The normalized spacial score (nSPS) is 17.5. The van der Waals surface area contributed by atoms with Gasteiger partial charge in [0.25, 0.3) is 0 Å². The van der Waals surface area contributed by atoms with Crippen molar-refractivity contribution in [2.45, 2.75) is 38.5 Å². The molecule has 1 aliphatic rings. The largest absolute Gasteiger partial charge is 0.294 e. The fraction of sp³-hybridized carbons (Fsp3) is 0.500. The van der Waals surface area contributed by atoms with Crippen LogP contribution in [0.15, 0.2) is 16.6 Å². The van der Waals surface area contributed by atoms with Crippen LogP contribution in [-0.2, 0) is 0 Å². The lowest BCUT2D eigenvalue weighted by molar-refractivity contribution is 0.0906. The molecular formula is C14H15BrF2O. The molecule has 0 radical (unpaired) electrons. The van der Waals surface area contributed by atoms with E-state index in [0.29, 0.717) is 0 Å². The molecule has 0 atom stereocenters. The first-order valence-electron chi connectivity index (χ1n) is 6.29. The minimum absolute atomic E-state index is 0.0447. The number of rotatable bonds is 2. The summed E-state index contributed by atoms with van der Waals surface area (Å²) >= 11 is 2.98.